The van der Waals surface area contributed by atoms with E-state index in [0.717, 1.165) is 42.1 Å². The number of unbranched alkanes of at least 4 members (excludes halogenated alkanes) is 4. The average molecular weight is 373 g/mol. The summed E-state index contributed by atoms with van der Waals surface area (Å²) in [4.78, 5) is 26.6. The van der Waals surface area contributed by atoms with Gasteiger partial charge in [-0.1, -0.05) is 50.8 Å². The van der Waals surface area contributed by atoms with E-state index in [4.69, 9.17) is 0 Å². The number of carboxylic acids is 1. The van der Waals surface area contributed by atoms with E-state index in [1.807, 2.05) is 30.5 Å². The van der Waals surface area contributed by atoms with Gasteiger partial charge in [-0.3, -0.25) is 4.79 Å². The molecule has 1 aromatic heterocycles. The van der Waals surface area contributed by atoms with Crippen molar-refractivity contribution in [2.24, 2.45) is 0 Å². The van der Waals surface area contributed by atoms with Gasteiger partial charge in [0.1, 0.15) is 6.04 Å². The zero-order valence-corrected chi connectivity index (χ0v) is 17.1. The molecule has 25 heavy (non-hydrogen) atoms. The number of fused-ring (bicyclic) bond motifs is 1. The SMILES string of the molecule is CCCCCCCC(=O)N[C@@H](Cc1c[nH]c2ccccc12)C(=O)O.[Ca+2].[H-].[H-]. The number of carbonyl (C=O) groups excluding carboxylic acids is 1. The Morgan fingerprint density at radius 2 is 1.92 bits per heavy atom. The van der Waals surface area contributed by atoms with Crippen LogP contribution in [0.3, 0.4) is 0 Å². The molecular weight excluding hydrogens is 344 g/mol. The van der Waals surface area contributed by atoms with Crippen LogP contribution in [0.4, 0.5) is 0 Å². The molecule has 0 saturated carbocycles. The Balaban J connectivity index is 0. The van der Waals surface area contributed by atoms with Gasteiger partial charge in [-0.25, -0.2) is 4.79 Å². The van der Waals surface area contributed by atoms with Crippen LogP contribution in [0.25, 0.3) is 10.9 Å². The predicted molar refractivity (Wildman–Crippen MR) is 103 cm³/mol. The van der Waals surface area contributed by atoms with Gasteiger partial charge < -0.3 is 18.3 Å². The smallest absolute Gasteiger partial charge is 1.00 e. The number of amides is 1. The summed E-state index contributed by atoms with van der Waals surface area (Å²) in [6, 6.07) is 6.86. The molecule has 2 aromatic rings. The number of carboxylic acid groups (broad SMARTS) is 1. The van der Waals surface area contributed by atoms with Gasteiger partial charge >= 0.3 is 43.7 Å². The zero-order valence-electron chi connectivity index (χ0n) is 16.9. The van der Waals surface area contributed by atoms with Crippen molar-refractivity contribution in [2.45, 2.75) is 57.9 Å². The number of carbonyl (C=O) groups is 2. The van der Waals surface area contributed by atoms with Gasteiger partial charge in [-0.05, 0) is 18.1 Å². The Kier molecular flexibility index (Phi) is 10.2. The molecule has 6 heteroatoms. The van der Waals surface area contributed by atoms with Crippen LogP contribution in [0, 0.1) is 0 Å². The summed E-state index contributed by atoms with van der Waals surface area (Å²) in [5.74, 6) is -1.18. The Hall–Kier alpha value is -1.04. The predicted octanol–water partition coefficient (Wildman–Crippen LogP) is 3.48. The largest absolute Gasteiger partial charge is 2.00 e. The molecule has 0 unspecified atom stereocenters. The standard InChI is InChI=1S/C19H26N2O3.Ca.2H/c1-2-3-4-5-6-11-18(22)21-17(19(23)24)12-14-13-20-16-10-8-7-9-15(14)16;;;/h7-10,13,17,20H,2-6,11-12H2,1H3,(H,21,22)(H,23,24);;;/q;+2;2*-1/t17-;;;/m0.../s1. The van der Waals surface area contributed by atoms with Crippen molar-refractivity contribution in [1.29, 1.82) is 0 Å². The minimum absolute atomic E-state index is 0. The van der Waals surface area contributed by atoms with E-state index in [1.165, 1.54) is 6.42 Å². The Morgan fingerprint density at radius 3 is 2.64 bits per heavy atom. The number of H-pyrrole nitrogens is 1. The van der Waals surface area contributed by atoms with Crippen LogP contribution < -0.4 is 5.32 Å². The summed E-state index contributed by atoms with van der Waals surface area (Å²) in [7, 11) is 0. The third kappa shape index (κ3) is 7.00. The summed E-state index contributed by atoms with van der Waals surface area (Å²) < 4.78 is 0. The molecule has 0 spiro atoms. The molecule has 0 saturated heterocycles. The van der Waals surface area contributed by atoms with E-state index in [0.29, 0.717) is 6.42 Å². The van der Waals surface area contributed by atoms with Crippen molar-refractivity contribution in [3.8, 4) is 0 Å². The molecule has 1 amide bonds. The molecular formula is C19H28CaN2O3. The molecule has 0 bridgehead atoms. The number of para-hydroxylation sites is 1. The number of aromatic nitrogens is 1. The van der Waals surface area contributed by atoms with Crippen LogP contribution in [0.1, 0.15) is 53.9 Å². The fourth-order valence-corrected chi connectivity index (χ4v) is 2.88. The Morgan fingerprint density at radius 1 is 1.20 bits per heavy atom. The van der Waals surface area contributed by atoms with E-state index in [2.05, 4.69) is 17.2 Å². The number of nitrogens with one attached hydrogen (secondary N) is 2. The molecule has 0 aliphatic rings. The van der Waals surface area contributed by atoms with Crippen LogP contribution in [-0.4, -0.2) is 65.7 Å². The molecule has 0 aliphatic heterocycles. The van der Waals surface area contributed by atoms with Gasteiger partial charge in [0.25, 0.3) is 0 Å². The minimum atomic E-state index is -1.00. The van der Waals surface area contributed by atoms with Crippen molar-refractivity contribution in [3.05, 3.63) is 36.0 Å². The third-order valence-electron chi connectivity index (χ3n) is 4.24. The molecule has 1 heterocycles. The third-order valence-corrected chi connectivity index (χ3v) is 4.24. The Bertz CT molecular complexity index is 694. The molecule has 0 fully saturated rings. The molecule has 5 nitrogen and oxygen atoms in total. The molecule has 134 valence electrons. The number of hydrogen-bond donors (Lipinski definition) is 3. The molecule has 1 atom stereocenters. The zero-order chi connectivity index (χ0) is 17.4. The van der Waals surface area contributed by atoms with Crippen molar-refractivity contribution < 1.29 is 17.5 Å². The normalized spacial score (nSPS) is 11.7. The van der Waals surface area contributed by atoms with Crippen LogP contribution in [-0.2, 0) is 16.0 Å². The Labute approximate surface area is 181 Å². The van der Waals surface area contributed by atoms with E-state index >= 15 is 0 Å². The first kappa shape index (κ1) is 22.0. The van der Waals surface area contributed by atoms with Crippen molar-refractivity contribution >= 4 is 60.5 Å². The maximum absolute atomic E-state index is 12.0. The van der Waals surface area contributed by atoms with Gasteiger partial charge in [0.2, 0.25) is 5.91 Å². The van der Waals surface area contributed by atoms with E-state index in [1.54, 1.807) is 0 Å². The molecule has 1 aromatic carbocycles. The van der Waals surface area contributed by atoms with Gasteiger partial charge in [-0.2, -0.15) is 0 Å². The molecule has 0 aliphatic carbocycles. The summed E-state index contributed by atoms with van der Waals surface area (Å²) >= 11 is 0. The van der Waals surface area contributed by atoms with Crippen molar-refractivity contribution in [1.82, 2.24) is 10.3 Å². The summed E-state index contributed by atoms with van der Waals surface area (Å²) in [6.45, 7) is 2.15. The van der Waals surface area contributed by atoms with Gasteiger partial charge in [-0.15, -0.1) is 0 Å². The maximum Gasteiger partial charge on any atom is 2.00 e. The van der Waals surface area contributed by atoms with E-state index in [-0.39, 0.29) is 52.9 Å². The van der Waals surface area contributed by atoms with Gasteiger partial charge in [0, 0.05) is 29.9 Å². The topological polar surface area (TPSA) is 82.2 Å². The van der Waals surface area contributed by atoms with E-state index in [9.17, 15) is 14.7 Å². The summed E-state index contributed by atoms with van der Waals surface area (Å²) in [5, 5.41) is 13.1. The van der Waals surface area contributed by atoms with Crippen LogP contribution in [0.2, 0.25) is 0 Å². The fourth-order valence-electron chi connectivity index (χ4n) is 2.88. The first-order valence-electron chi connectivity index (χ1n) is 8.69. The van der Waals surface area contributed by atoms with Gasteiger partial charge in [0.15, 0.2) is 0 Å². The number of benzene rings is 1. The second-order valence-corrected chi connectivity index (χ2v) is 6.19. The van der Waals surface area contributed by atoms with Crippen LogP contribution in [0.15, 0.2) is 30.5 Å². The monoisotopic (exact) mass is 372 g/mol. The average Bonchev–Trinajstić information content (AvgIpc) is 2.97. The number of rotatable bonds is 10. The summed E-state index contributed by atoms with van der Waals surface area (Å²) in [6.07, 6.45) is 7.78. The number of aliphatic carboxylic acids is 1. The first-order chi connectivity index (χ1) is 11.6. The van der Waals surface area contributed by atoms with Crippen molar-refractivity contribution in [2.75, 3.05) is 0 Å². The van der Waals surface area contributed by atoms with Crippen molar-refractivity contribution in [3.63, 3.8) is 0 Å². The quantitative estimate of drug-likeness (QED) is 0.441. The van der Waals surface area contributed by atoms with E-state index < -0.39 is 12.0 Å². The number of aromatic amines is 1. The maximum atomic E-state index is 12.0. The molecule has 0 radical (unpaired) electrons. The number of hydrogen-bond acceptors (Lipinski definition) is 2. The molecule has 2 rings (SSSR count). The fraction of sp³-hybridized carbons (Fsp3) is 0.474. The second kappa shape index (κ2) is 11.6. The minimum Gasteiger partial charge on any atom is -1.00 e. The van der Waals surface area contributed by atoms with Crippen LogP contribution in [0.5, 0.6) is 0 Å². The van der Waals surface area contributed by atoms with Crippen LogP contribution >= 0.6 is 0 Å². The first-order valence-corrected chi connectivity index (χ1v) is 8.69. The second-order valence-electron chi connectivity index (χ2n) is 6.19. The summed E-state index contributed by atoms with van der Waals surface area (Å²) in [5.41, 5.74) is 1.88. The van der Waals surface area contributed by atoms with Gasteiger partial charge in [0.05, 0.1) is 0 Å². The molecule has 3 N–H and O–H groups in total.